The summed E-state index contributed by atoms with van der Waals surface area (Å²) in [5.74, 6) is 0.622. The van der Waals surface area contributed by atoms with Crippen LogP contribution in [0.3, 0.4) is 0 Å². The molecule has 6 nitrogen and oxygen atoms in total. The van der Waals surface area contributed by atoms with Crippen molar-refractivity contribution in [3.63, 3.8) is 0 Å². The molecule has 0 atom stereocenters. The summed E-state index contributed by atoms with van der Waals surface area (Å²) < 4.78 is 13.2. The molecule has 0 amide bonds. The summed E-state index contributed by atoms with van der Waals surface area (Å²) >= 11 is 5.01. The Labute approximate surface area is 190 Å². The van der Waals surface area contributed by atoms with E-state index in [1.54, 1.807) is 0 Å². The molecule has 0 unspecified atom stereocenters. The lowest BCUT2D eigenvalue weighted by Gasteiger charge is -2.11. The first-order valence-electron chi connectivity index (χ1n) is 10.5. The van der Waals surface area contributed by atoms with Gasteiger partial charge >= 0.3 is 4.84 Å². The fourth-order valence-electron chi connectivity index (χ4n) is 3.77. The van der Waals surface area contributed by atoms with Crippen LogP contribution in [0.15, 0.2) is 77.3 Å². The maximum absolute atomic E-state index is 5.93. The van der Waals surface area contributed by atoms with Crippen LogP contribution in [-0.2, 0) is 6.54 Å². The number of aromatic nitrogens is 4. The van der Waals surface area contributed by atoms with Crippen LogP contribution in [0.1, 0.15) is 18.9 Å². The highest BCUT2D eigenvalue weighted by Crippen LogP contribution is 2.31. The van der Waals surface area contributed by atoms with E-state index < -0.39 is 0 Å². The number of nitrogens with zero attached hydrogens (tertiary/aromatic N) is 3. The average molecular weight is 443 g/mol. The fourth-order valence-corrected chi connectivity index (χ4v) is 3.90. The number of rotatable bonds is 7. The summed E-state index contributed by atoms with van der Waals surface area (Å²) in [7, 11) is 0. The zero-order valence-electron chi connectivity index (χ0n) is 17.6. The lowest BCUT2D eigenvalue weighted by atomic mass is 9.98. The van der Waals surface area contributed by atoms with E-state index in [2.05, 4.69) is 63.0 Å². The number of imidazole rings is 1. The molecule has 0 aliphatic heterocycles. The second-order valence-electron chi connectivity index (χ2n) is 7.49. The van der Waals surface area contributed by atoms with E-state index >= 15 is 0 Å². The highest BCUT2D eigenvalue weighted by molar-refractivity contribution is 7.71. The summed E-state index contributed by atoms with van der Waals surface area (Å²) in [6.07, 6.45) is 0.938. The van der Waals surface area contributed by atoms with Crippen molar-refractivity contribution in [3.8, 4) is 28.5 Å². The van der Waals surface area contributed by atoms with Crippen LogP contribution in [0.25, 0.3) is 33.5 Å². The van der Waals surface area contributed by atoms with Gasteiger partial charge in [0.25, 0.3) is 6.01 Å². The Bertz CT molecular complexity index is 1420. The summed E-state index contributed by atoms with van der Waals surface area (Å²) in [5, 5.41) is 2.80. The van der Waals surface area contributed by atoms with Crippen molar-refractivity contribution < 1.29 is 9.26 Å². The minimum Gasteiger partial charge on any atom is -0.465 e. The number of benzene rings is 3. The SMILES string of the molecule is CCCOc1nc2ccccc2n1Cc1ccc(-c2ccccc2-c2nc(=S)o[nH]2)cc1. The summed E-state index contributed by atoms with van der Waals surface area (Å²) in [5.41, 5.74) is 6.25. The van der Waals surface area contributed by atoms with Crippen LogP contribution < -0.4 is 4.74 Å². The first-order chi connectivity index (χ1) is 15.7. The van der Waals surface area contributed by atoms with Gasteiger partial charge in [-0.25, -0.2) is 5.16 Å². The van der Waals surface area contributed by atoms with Crippen molar-refractivity contribution in [1.82, 2.24) is 19.7 Å². The van der Waals surface area contributed by atoms with Crippen molar-refractivity contribution in [2.24, 2.45) is 0 Å². The standard InChI is InChI=1S/C25H22N4O2S/c1-2-15-30-24-26-21-9-5-6-10-22(21)29(24)16-17-11-13-18(14-12-17)19-7-3-4-8-20(19)23-27-25(32)31-28-23/h3-14H,2,15-16H2,1H3,(H,27,28,32). The van der Waals surface area contributed by atoms with E-state index in [1.807, 2.05) is 36.4 Å². The second-order valence-corrected chi connectivity index (χ2v) is 7.84. The molecule has 7 heteroatoms. The molecule has 0 aliphatic rings. The van der Waals surface area contributed by atoms with Gasteiger partial charge in [-0.2, -0.15) is 9.97 Å². The molecule has 160 valence electrons. The first-order valence-corrected chi connectivity index (χ1v) is 11.0. The van der Waals surface area contributed by atoms with E-state index in [0.29, 0.717) is 25.0 Å². The first kappa shape index (κ1) is 20.2. The zero-order valence-corrected chi connectivity index (χ0v) is 18.4. The summed E-state index contributed by atoms with van der Waals surface area (Å²) in [6, 6.07) is 25.3. The zero-order chi connectivity index (χ0) is 21.9. The molecule has 0 fully saturated rings. The van der Waals surface area contributed by atoms with Gasteiger partial charge in [-0.05, 0) is 47.5 Å². The lowest BCUT2D eigenvalue weighted by molar-refractivity contribution is 0.282. The quantitative estimate of drug-likeness (QED) is 0.302. The normalized spacial score (nSPS) is 11.2. The number of H-pyrrole nitrogens is 1. The molecule has 2 heterocycles. The van der Waals surface area contributed by atoms with Crippen molar-refractivity contribution in [2.75, 3.05) is 6.61 Å². The van der Waals surface area contributed by atoms with E-state index in [1.165, 1.54) is 0 Å². The van der Waals surface area contributed by atoms with Crippen molar-refractivity contribution in [2.45, 2.75) is 19.9 Å². The van der Waals surface area contributed by atoms with Gasteiger partial charge in [-0.15, -0.1) is 0 Å². The number of para-hydroxylation sites is 2. The molecule has 0 bridgehead atoms. The van der Waals surface area contributed by atoms with Gasteiger partial charge in [-0.3, -0.25) is 4.57 Å². The molecule has 5 rings (SSSR count). The Morgan fingerprint density at radius 2 is 1.69 bits per heavy atom. The van der Waals surface area contributed by atoms with Crippen molar-refractivity contribution in [1.29, 1.82) is 0 Å². The predicted octanol–water partition coefficient (Wildman–Crippen LogP) is 6.25. The number of nitrogens with one attached hydrogen (secondary N) is 1. The molecule has 0 radical (unpaired) electrons. The molecular weight excluding hydrogens is 420 g/mol. The van der Waals surface area contributed by atoms with E-state index in [-0.39, 0.29) is 4.84 Å². The van der Waals surface area contributed by atoms with Crippen LogP contribution in [0.2, 0.25) is 0 Å². The topological polar surface area (TPSA) is 68.9 Å². The van der Waals surface area contributed by atoms with Crippen LogP contribution in [0.5, 0.6) is 6.01 Å². The Hall–Kier alpha value is -3.71. The number of fused-ring (bicyclic) bond motifs is 1. The third-order valence-corrected chi connectivity index (χ3v) is 5.46. The molecular formula is C25H22N4O2S. The van der Waals surface area contributed by atoms with Gasteiger partial charge < -0.3 is 9.26 Å². The van der Waals surface area contributed by atoms with Crippen LogP contribution in [-0.4, -0.2) is 26.3 Å². The minimum absolute atomic E-state index is 0.193. The van der Waals surface area contributed by atoms with Gasteiger partial charge in [0.05, 0.1) is 24.2 Å². The van der Waals surface area contributed by atoms with E-state index in [9.17, 15) is 0 Å². The molecule has 32 heavy (non-hydrogen) atoms. The number of hydrogen-bond donors (Lipinski definition) is 1. The Morgan fingerprint density at radius 1 is 0.938 bits per heavy atom. The van der Waals surface area contributed by atoms with Crippen molar-refractivity contribution in [3.05, 3.63) is 83.2 Å². The molecule has 0 aliphatic carbocycles. The monoisotopic (exact) mass is 442 g/mol. The Morgan fingerprint density at radius 3 is 2.44 bits per heavy atom. The molecule has 3 aromatic carbocycles. The Balaban J connectivity index is 1.47. The maximum atomic E-state index is 5.93. The minimum atomic E-state index is 0.193. The van der Waals surface area contributed by atoms with Crippen LogP contribution >= 0.6 is 12.2 Å². The fraction of sp³-hybridized carbons (Fsp3) is 0.160. The number of aromatic amines is 1. The molecule has 2 aromatic heterocycles. The molecule has 0 saturated heterocycles. The summed E-state index contributed by atoms with van der Waals surface area (Å²) in [6.45, 7) is 3.41. The van der Waals surface area contributed by atoms with Gasteiger partial charge in [0.15, 0.2) is 5.82 Å². The number of hydrogen-bond acceptors (Lipinski definition) is 5. The second kappa shape index (κ2) is 8.80. The van der Waals surface area contributed by atoms with Gasteiger partial charge in [0.1, 0.15) is 0 Å². The molecule has 1 N–H and O–H groups in total. The van der Waals surface area contributed by atoms with Crippen LogP contribution in [0, 0.1) is 4.84 Å². The summed E-state index contributed by atoms with van der Waals surface area (Å²) in [4.78, 5) is 9.13. The average Bonchev–Trinajstić information content (AvgIpc) is 3.42. The number of ether oxygens (including phenoxy) is 1. The molecule has 5 aromatic rings. The van der Waals surface area contributed by atoms with E-state index in [0.717, 1.165) is 39.7 Å². The lowest BCUT2D eigenvalue weighted by Crippen LogP contribution is -2.06. The van der Waals surface area contributed by atoms with Gasteiger partial charge in [-0.1, -0.05) is 67.6 Å². The van der Waals surface area contributed by atoms with Crippen LogP contribution in [0.4, 0.5) is 0 Å². The van der Waals surface area contributed by atoms with Crippen molar-refractivity contribution >= 4 is 23.3 Å². The predicted molar refractivity (Wildman–Crippen MR) is 127 cm³/mol. The third kappa shape index (κ3) is 3.94. The maximum Gasteiger partial charge on any atom is 0.314 e. The third-order valence-electron chi connectivity index (χ3n) is 5.28. The molecule has 0 saturated carbocycles. The highest BCUT2D eigenvalue weighted by Gasteiger charge is 2.13. The highest BCUT2D eigenvalue weighted by atomic mass is 32.1. The van der Waals surface area contributed by atoms with Gasteiger partial charge in [0.2, 0.25) is 0 Å². The molecule has 0 spiro atoms. The smallest absolute Gasteiger partial charge is 0.314 e. The Kier molecular flexibility index (Phi) is 5.56. The van der Waals surface area contributed by atoms with Gasteiger partial charge in [0, 0.05) is 5.56 Å². The van der Waals surface area contributed by atoms with E-state index in [4.69, 9.17) is 21.5 Å². The largest absolute Gasteiger partial charge is 0.465 e.